The van der Waals surface area contributed by atoms with Crippen LogP contribution in [-0.2, 0) is 10.0 Å². The molecule has 1 saturated heterocycles. The molecule has 3 aromatic rings. The maximum atomic E-state index is 13.6. The molecular weight excluding hydrogens is 512 g/mol. The number of nitrogens with zero attached hydrogens (tertiary/aromatic N) is 4. The minimum Gasteiger partial charge on any atom is -0.483 e. The van der Waals surface area contributed by atoms with Gasteiger partial charge < -0.3 is 9.64 Å². The van der Waals surface area contributed by atoms with Crippen LogP contribution in [0.4, 0.5) is 5.69 Å². The van der Waals surface area contributed by atoms with Crippen molar-refractivity contribution in [1.29, 1.82) is 0 Å². The first kappa shape index (κ1) is 25.5. The summed E-state index contributed by atoms with van der Waals surface area (Å²) in [5.74, 6) is 0.252. The first-order chi connectivity index (χ1) is 17.9. The van der Waals surface area contributed by atoms with Crippen molar-refractivity contribution >= 4 is 33.4 Å². The molecule has 2 heterocycles. The van der Waals surface area contributed by atoms with Crippen LogP contribution in [0.15, 0.2) is 71.0 Å². The number of hydrogen-bond donors (Lipinski definition) is 0. The van der Waals surface area contributed by atoms with Gasteiger partial charge in [0.2, 0.25) is 15.8 Å². The SMILES string of the molecule is O=c1c(OC2CCCC2)c(N2CCN(S(=O)(=O)C=Cc3ccccc3)CC2)cnn1-c1cccc(Cl)c1. The summed E-state index contributed by atoms with van der Waals surface area (Å²) < 4.78 is 34.8. The molecule has 194 valence electrons. The predicted octanol–water partition coefficient (Wildman–Crippen LogP) is 4.33. The van der Waals surface area contributed by atoms with Gasteiger partial charge in [-0.3, -0.25) is 4.79 Å². The molecule has 0 N–H and O–H groups in total. The van der Waals surface area contributed by atoms with Gasteiger partial charge in [0.15, 0.2) is 0 Å². The minimum atomic E-state index is -3.57. The van der Waals surface area contributed by atoms with Crippen molar-refractivity contribution in [1.82, 2.24) is 14.1 Å². The first-order valence-electron chi connectivity index (χ1n) is 12.4. The maximum Gasteiger partial charge on any atom is 0.316 e. The number of halogens is 1. The Balaban J connectivity index is 1.38. The van der Waals surface area contributed by atoms with Crippen LogP contribution in [0.3, 0.4) is 0 Å². The fourth-order valence-electron chi connectivity index (χ4n) is 4.73. The van der Waals surface area contributed by atoms with E-state index in [4.69, 9.17) is 16.3 Å². The average Bonchev–Trinajstić information content (AvgIpc) is 3.43. The number of rotatable bonds is 7. The highest BCUT2D eigenvalue weighted by molar-refractivity contribution is 7.92. The molecule has 0 radical (unpaired) electrons. The van der Waals surface area contributed by atoms with Gasteiger partial charge in [0.05, 0.1) is 18.0 Å². The summed E-state index contributed by atoms with van der Waals surface area (Å²) in [5.41, 5.74) is 1.62. The molecule has 2 aromatic carbocycles. The molecule has 0 amide bonds. The summed E-state index contributed by atoms with van der Waals surface area (Å²) in [5, 5.41) is 6.17. The Hall–Kier alpha value is -3.14. The van der Waals surface area contributed by atoms with E-state index >= 15 is 0 Å². The fraction of sp³-hybridized carbons (Fsp3) is 0.333. The summed E-state index contributed by atoms with van der Waals surface area (Å²) in [6.07, 6.45) is 7.16. The van der Waals surface area contributed by atoms with E-state index in [0.29, 0.717) is 42.6 Å². The van der Waals surface area contributed by atoms with Gasteiger partial charge in [0.1, 0.15) is 5.69 Å². The molecule has 1 aliphatic heterocycles. The highest BCUT2D eigenvalue weighted by Gasteiger charge is 2.29. The third-order valence-electron chi connectivity index (χ3n) is 6.73. The van der Waals surface area contributed by atoms with Crippen LogP contribution in [0, 0.1) is 0 Å². The topological polar surface area (TPSA) is 84.7 Å². The van der Waals surface area contributed by atoms with Crippen molar-refractivity contribution in [2.75, 3.05) is 31.1 Å². The van der Waals surface area contributed by atoms with Crippen molar-refractivity contribution in [2.45, 2.75) is 31.8 Å². The molecule has 2 aliphatic rings. The Morgan fingerprint density at radius 1 is 0.973 bits per heavy atom. The number of anilines is 1. The molecule has 1 saturated carbocycles. The molecule has 1 aromatic heterocycles. The van der Waals surface area contributed by atoms with Crippen LogP contribution >= 0.6 is 11.6 Å². The number of hydrogen-bond acceptors (Lipinski definition) is 6. The maximum absolute atomic E-state index is 13.6. The normalized spacial score (nSPS) is 17.5. The van der Waals surface area contributed by atoms with Gasteiger partial charge in [-0.2, -0.15) is 14.1 Å². The van der Waals surface area contributed by atoms with Gasteiger partial charge >= 0.3 is 5.56 Å². The molecule has 10 heteroatoms. The van der Waals surface area contributed by atoms with E-state index in [-0.39, 0.29) is 17.4 Å². The summed E-state index contributed by atoms with van der Waals surface area (Å²) in [4.78, 5) is 15.5. The van der Waals surface area contributed by atoms with E-state index in [1.54, 1.807) is 36.5 Å². The standard InChI is InChI=1S/C27H29ClN4O4S/c28-22-9-6-10-23(19-22)32-27(33)26(36-24-11-4-5-12-24)25(20-29-32)30-14-16-31(17-15-30)37(34,35)18-13-21-7-2-1-3-8-21/h1-3,6-10,13,18-20,24H,4-5,11-12,14-17H2. The van der Waals surface area contributed by atoms with Crippen molar-refractivity contribution in [3.05, 3.63) is 87.1 Å². The summed E-state index contributed by atoms with van der Waals surface area (Å²) in [6.45, 7) is 1.42. The summed E-state index contributed by atoms with van der Waals surface area (Å²) in [7, 11) is -3.57. The monoisotopic (exact) mass is 540 g/mol. The van der Waals surface area contributed by atoms with Crippen LogP contribution < -0.4 is 15.2 Å². The molecule has 8 nitrogen and oxygen atoms in total. The van der Waals surface area contributed by atoms with E-state index < -0.39 is 10.0 Å². The van der Waals surface area contributed by atoms with Gasteiger partial charge in [-0.15, -0.1) is 0 Å². The lowest BCUT2D eigenvalue weighted by Crippen LogP contribution is -2.48. The third-order valence-corrected chi connectivity index (χ3v) is 8.53. The zero-order valence-corrected chi connectivity index (χ0v) is 21.9. The van der Waals surface area contributed by atoms with Gasteiger partial charge in [-0.1, -0.05) is 48.0 Å². The third kappa shape index (κ3) is 5.89. The van der Waals surface area contributed by atoms with Crippen molar-refractivity contribution in [3.8, 4) is 11.4 Å². The van der Waals surface area contributed by atoms with Crippen LogP contribution in [0.2, 0.25) is 5.02 Å². The smallest absolute Gasteiger partial charge is 0.316 e. The quantitative estimate of drug-likeness (QED) is 0.443. The molecule has 5 rings (SSSR count). The van der Waals surface area contributed by atoms with Crippen LogP contribution in [-0.4, -0.2) is 54.8 Å². The Bertz CT molecular complexity index is 1430. The Morgan fingerprint density at radius 3 is 2.41 bits per heavy atom. The summed E-state index contributed by atoms with van der Waals surface area (Å²) in [6, 6.07) is 16.3. The second-order valence-electron chi connectivity index (χ2n) is 9.22. The van der Waals surface area contributed by atoms with Crippen molar-refractivity contribution < 1.29 is 13.2 Å². The average molecular weight is 541 g/mol. The highest BCUT2D eigenvalue weighted by Crippen LogP contribution is 2.30. The van der Waals surface area contributed by atoms with Crippen molar-refractivity contribution in [3.63, 3.8) is 0 Å². The molecular formula is C27H29ClN4O4S. The van der Waals surface area contributed by atoms with Gasteiger partial charge in [-0.25, -0.2) is 8.42 Å². The largest absolute Gasteiger partial charge is 0.483 e. The van der Waals surface area contributed by atoms with Crippen molar-refractivity contribution in [2.24, 2.45) is 0 Å². The lowest BCUT2D eigenvalue weighted by molar-refractivity contribution is 0.205. The fourth-order valence-corrected chi connectivity index (χ4v) is 6.09. The van der Waals surface area contributed by atoms with E-state index in [0.717, 1.165) is 31.2 Å². The number of sulfonamides is 1. The van der Waals surface area contributed by atoms with E-state index in [1.165, 1.54) is 14.4 Å². The predicted molar refractivity (Wildman–Crippen MR) is 146 cm³/mol. The van der Waals surface area contributed by atoms with Crippen LogP contribution in [0.25, 0.3) is 11.8 Å². The van der Waals surface area contributed by atoms with Gasteiger partial charge in [0, 0.05) is 36.6 Å². The van der Waals surface area contributed by atoms with Gasteiger partial charge in [0.25, 0.3) is 0 Å². The van der Waals surface area contributed by atoms with E-state index in [9.17, 15) is 13.2 Å². The zero-order chi connectivity index (χ0) is 25.8. The Morgan fingerprint density at radius 2 is 1.70 bits per heavy atom. The van der Waals surface area contributed by atoms with E-state index in [1.807, 2.05) is 35.2 Å². The molecule has 0 atom stereocenters. The second-order valence-corrected chi connectivity index (χ2v) is 11.5. The zero-order valence-electron chi connectivity index (χ0n) is 20.4. The molecule has 37 heavy (non-hydrogen) atoms. The number of piperazine rings is 1. The number of ether oxygens (including phenoxy) is 1. The Kier molecular flexibility index (Phi) is 7.64. The highest BCUT2D eigenvalue weighted by atomic mass is 35.5. The lowest BCUT2D eigenvalue weighted by atomic mass is 10.2. The molecule has 2 fully saturated rings. The molecule has 1 aliphatic carbocycles. The van der Waals surface area contributed by atoms with Gasteiger partial charge in [-0.05, 0) is 55.5 Å². The number of benzene rings is 2. The molecule has 0 bridgehead atoms. The molecule has 0 spiro atoms. The van der Waals surface area contributed by atoms with E-state index in [2.05, 4.69) is 5.10 Å². The van der Waals surface area contributed by atoms with Crippen LogP contribution in [0.5, 0.6) is 5.75 Å². The first-order valence-corrected chi connectivity index (χ1v) is 14.3. The van der Waals surface area contributed by atoms with Crippen LogP contribution in [0.1, 0.15) is 31.2 Å². The lowest BCUT2D eigenvalue weighted by Gasteiger charge is -2.35. The second kappa shape index (κ2) is 11.1. The summed E-state index contributed by atoms with van der Waals surface area (Å²) >= 11 is 6.14. The number of aromatic nitrogens is 2. The Labute approximate surface area is 221 Å². The minimum absolute atomic E-state index is 0.0218. The molecule has 0 unspecified atom stereocenters.